The zero-order chi connectivity index (χ0) is 15.6. The third-order valence-electron chi connectivity index (χ3n) is 4.17. The molecular formula is C15H23BrN2O2S. The predicted octanol–water partition coefficient (Wildman–Crippen LogP) is 2.94. The van der Waals surface area contributed by atoms with Gasteiger partial charge in [0, 0.05) is 37.7 Å². The summed E-state index contributed by atoms with van der Waals surface area (Å²) in [4.78, 5) is 3.24. The van der Waals surface area contributed by atoms with E-state index >= 15 is 0 Å². The number of hydrogen-bond acceptors (Lipinski definition) is 3. The Morgan fingerprint density at radius 2 is 1.71 bits per heavy atom. The number of nitrogens with zero attached hydrogens (tertiary/aromatic N) is 2. The highest BCUT2D eigenvalue weighted by molar-refractivity contribution is 9.09. The number of rotatable bonds is 4. The van der Waals surface area contributed by atoms with Gasteiger partial charge in [0.25, 0.3) is 0 Å². The zero-order valence-electron chi connectivity index (χ0n) is 12.8. The lowest BCUT2D eigenvalue weighted by molar-refractivity contribution is 0.407. The fourth-order valence-electron chi connectivity index (χ4n) is 2.66. The van der Waals surface area contributed by atoms with Crippen LogP contribution in [-0.2, 0) is 10.0 Å². The molecular weight excluding hydrogens is 352 g/mol. The number of sulfonamides is 1. The lowest BCUT2D eigenvalue weighted by atomic mass is 9.94. The Bertz CT molecular complexity index is 562. The van der Waals surface area contributed by atoms with Crippen LogP contribution >= 0.6 is 15.9 Å². The van der Waals surface area contributed by atoms with E-state index in [1.54, 1.807) is 26.2 Å². The topological polar surface area (TPSA) is 40.6 Å². The van der Waals surface area contributed by atoms with Gasteiger partial charge in [0.15, 0.2) is 0 Å². The minimum atomic E-state index is -3.34. The van der Waals surface area contributed by atoms with Crippen LogP contribution in [0.15, 0.2) is 29.2 Å². The Morgan fingerprint density at radius 1 is 1.19 bits per heavy atom. The standard InChI is InChI=1S/C15H23BrN2O2S/c1-12(16)13-8-10-18(11-9-13)14-4-6-15(7-5-14)21(19,20)17(2)3/h4-7,12-13H,8-11H2,1-3H3. The molecule has 0 saturated carbocycles. The van der Waals surface area contributed by atoms with Gasteiger partial charge in [0.2, 0.25) is 10.0 Å². The number of halogens is 1. The fourth-order valence-corrected chi connectivity index (χ4v) is 4.09. The first-order chi connectivity index (χ1) is 9.82. The van der Waals surface area contributed by atoms with Gasteiger partial charge >= 0.3 is 0 Å². The summed E-state index contributed by atoms with van der Waals surface area (Å²) in [6.45, 7) is 4.27. The maximum Gasteiger partial charge on any atom is 0.242 e. The van der Waals surface area contributed by atoms with Crippen LogP contribution in [0.3, 0.4) is 0 Å². The van der Waals surface area contributed by atoms with Crippen molar-refractivity contribution in [2.45, 2.75) is 29.5 Å². The van der Waals surface area contributed by atoms with Crippen molar-refractivity contribution in [3.63, 3.8) is 0 Å². The number of hydrogen-bond donors (Lipinski definition) is 0. The second-order valence-electron chi connectivity index (χ2n) is 5.78. The van der Waals surface area contributed by atoms with Crippen molar-refractivity contribution in [1.82, 2.24) is 4.31 Å². The third kappa shape index (κ3) is 3.79. The summed E-state index contributed by atoms with van der Waals surface area (Å²) < 4.78 is 25.3. The molecule has 1 heterocycles. The third-order valence-corrected chi connectivity index (χ3v) is 6.75. The molecule has 1 fully saturated rings. The van der Waals surface area contributed by atoms with Crippen molar-refractivity contribution in [3.8, 4) is 0 Å². The second-order valence-corrected chi connectivity index (χ2v) is 9.38. The van der Waals surface area contributed by atoms with Crippen LogP contribution in [-0.4, -0.2) is 44.7 Å². The maximum absolute atomic E-state index is 12.0. The quantitative estimate of drug-likeness (QED) is 0.760. The van der Waals surface area contributed by atoms with Gasteiger partial charge in [-0.2, -0.15) is 0 Å². The van der Waals surface area contributed by atoms with E-state index in [-0.39, 0.29) is 0 Å². The molecule has 1 atom stereocenters. The summed E-state index contributed by atoms with van der Waals surface area (Å²) in [6, 6.07) is 7.22. The lowest BCUT2D eigenvalue weighted by Gasteiger charge is -2.34. The molecule has 0 radical (unpaired) electrons. The molecule has 1 aromatic carbocycles. The molecule has 1 saturated heterocycles. The molecule has 0 aromatic heterocycles. The molecule has 1 aromatic rings. The molecule has 0 aliphatic carbocycles. The van der Waals surface area contributed by atoms with E-state index in [2.05, 4.69) is 27.8 Å². The van der Waals surface area contributed by atoms with Crippen LogP contribution < -0.4 is 4.90 Å². The second kappa shape index (κ2) is 6.67. The van der Waals surface area contributed by atoms with Crippen molar-refractivity contribution >= 4 is 31.6 Å². The zero-order valence-corrected chi connectivity index (χ0v) is 15.2. The predicted molar refractivity (Wildman–Crippen MR) is 90.6 cm³/mol. The monoisotopic (exact) mass is 374 g/mol. The fraction of sp³-hybridized carbons (Fsp3) is 0.600. The van der Waals surface area contributed by atoms with E-state index < -0.39 is 10.0 Å². The van der Waals surface area contributed by atoms with Gasteiger partial charge < -0.3 is 4.90 Å². The van der Waals surface area contributed by atoms with E-state index in [0.717, 1.165) is 24.7 Å². The summed E-state index contributed by atoms with van der Waals surface area (Å²) >= 11 is 3.67. The Kier molecular flexibility index (Phi) is 5.33. The van der Waals surface area contributed by atoms with Crippen molar-refractivity contribution in [2.75, 3.05) is 32.1 Å². The Balaban J connectivity index is 2.07. The first-order valence-corrected chi connectivity index (χ1v) is 9.59. The van der Waals surface area contributed by atoms with Crippen LogP contribution in [0.1, 0.15) is 19.8 Å². The maximum atomic E-state index is 12.0. The number of piperidine rings is 1. The van der Waals surface area contributed by atoms with Crippen molar-refractivity contribution < 1.29 is 8.42 Å². The highest BCUT2D eigenvalue weighted by Crippen LogP contribution is 2.28. The minimum Gasteiger partial charge on any atom is -0.372 e. The van der Waals surface area contributed by atoms with Gasteiger partial charge in [0.1, 0.15) is 0 Å². The summed E-state index contributed by atoms with van der Waals surface area (Å²) in [5.74, 6) is 0.731. The van der Waals surface area contributed by atoms with E-state index in [4.69, 9.17) is 0 Å². The van der Waals surface area contributed by atoms with Crippen molar-refractivity contribution in [2.24, 2.45) is 5.92 Å². The van der Waals surface area contributed by atoms with Gasteiger partial charge in [-0.15, -0.1) is 0 Å². The van der Waals surface area contributed by atoms with Gasteiger partial charge in [-0.1, -0.05) is 22.9 Å². The smallest absolute Gasteiger partial charge is 0.242 e. The molecule has 0 bridgehead atoms. The average Bonchev–Trinajstić information content (AvgIpc) is 2.47. The molecule has 4 nitrogen and oxygen atoms in total. The molecule has 0 N–H and O–H groups in total. The number of anilines is 1. The summed E-state index contributed by atoms with van der Waals surface area (Å²) in [7, 11) is -0.234. The number of benzene rings is 1. The molecule has 2 rings (SSSR count). The van der Waals surface area contributed by atoms with Gasteiger partial charge in [-0.05, 0) is 43.0 Å². The molecule has 118 valence electrons. The average molecular weight is 375 g/mol. The van der Waals surface area contributed by atoms with E-state index in [1.165, 1.54) is 17.1 Å². The SMILES string of the molecule is CC(Br)C1CCN(c2ccc(S(=O)(=O)N(C)C)cc2)CC1. The van der Waals surface area contributed by atoms with E-state index in [1.807, 2.05) is 12.1 Å². The van der Waals surface area contributed by atoms with Crippen molar-refractivity contribution in [3.05, 3.63) is 24.3 Å². The first-order valence-electron chi connectivity index (χ1n) is 7.24. The molecule has 0 amide bonds. The molecule has 1 unspecified atom stereocenters. The minimum absolute atomic E-state index is 0.347. The highest BCUT2D eigenvalue weighted by atomic mass is 79.9. The van der Waals surface area contributed by atoms with Gasteiger partial charge in [0.05, 0.1) is 4.90 Å². The molecule has 1 aliphatic heterocycles. The Labute approximate surface area is 136 Å². The summed E-state index contributed by atoms with van der Waals surface area (Å²) in [5.41, 5.74) is 1.10. The van der Waals surface area contributed by atoms with Crippen LogP contribution in [0.2, 0.25) is 0 Å². The van der Waals surface area contributed by atoms with E-state index in [0.29, 0.717) is 9.72 Å². The van der Waals surface area contributed by atoms with Gasteiger partial charge in [-0.3, -0.25) is 0 Å². The Morgan fingerprint density at radius 3 is 2.14 bits per heavy atom. The molecule has 21 heavy (non-hydrogen) atoms. The highest BCUT2D eigenvalue weighted by Gasteiger charge is 2.23. The van der Waals surface area contributed by atoms with Crippen LogP contribution in [0, 0.1) is 5.92 Å². The van der Waals surface area contributed by atoms with Crippen LogP contribution in [0.4, 0.5) is 5.69 Å². The normalized spacial score (nSPS) is 19.0. The Hall–Kier alpha value is -0.590. The summed E-state index contributed by atoms with van der Waals surface area (Å²) in [6.07, 6.45) is 2.34. The molecule has 0 spiro atoms. The number of alkyl halides is 1. The lowest BCUT2D eigenvalue weighted by Crippen LogP contribution is -2.35. The molecule has 1 aliphatic rings. The first kappa shape index (κ1) is 16.8. The summed E-state index contributed by atoms with van der Waals surface area (Å²) in [5, 5.41) is 0. The van der Waals surface area contributed by atoms with Crippen LogP contribution in [0.5, 0.6) is 0 Å². The van der Waals surface area contributed by atoms with Crippen molar-refractivity contribution in [1.29, 1.82) is 0 Å². The largest absolute Gasteiger partial charge is 0.372 e. The van der Waals surface area contributed by atoms with Crippen LogP contribution in [0.25, 0.3) is 0 Å². The molecule has 6 heteroatoms. The van der Waals surface area contributed by atoms with E-state index in [9.17, 15) is 8.42 Å². The van der Waals surface area contributed by atoms with Gasteiger partial charge in [-0.25, -0.2) is 12.7 Å².